The molecule has 2 aliphatic rings. The van der Waals surface area contributed by atoms with E-state index in [9.17, 15) is 19.2 Å². The number of imide groups is 2. The van der Waals surface area contributed by atoms with Crippen molar-refractivity contribution in [1.82, 2.24) is 19.6 Å². The number of likely N-dealkylation sites (N-methyl/N-ethyl adjacent to an activating group) is 2. The maximum atomic E-state index is 11.8. The molecule has 0 aliphatic carbocycles. The number of hydrogen-bond donors (Lipinski definition) is 0. The van der Waals surface area contributed by atoms with Gasteiger partial charge in [0.1, 0.15) is 0 Å². The van der Waals surface area contributed by atoms with Crippen LogP contribution < -0.4 is 0 Å². The fourth-order valence-corrected chi connectivity index (χ4v) is 2.80. The van der Waals surface area contributed by atoms with Crippen molar-refractivity contribution in [3.05, 3.63) is 0 Å². The van der Waals surface area contributed by atoms with Crippen LogP contribution in [0.5, 0.6) is 0 Å². The van der Waals surface area contributed by atoms with Gasteiger partial charge in [0.15, 0.2) is 0 Å². The number of piperazine rings is 2. The Balaban J connectivity index is 1.84. The first-order chi connectivity index (χ1) is 10.5. The second-order valence-electron chi connectivity index (χ2n) is 5.48. The summed E-state index contributed by atoms with van der Waals surface area (Å²) in [7, 11) is 0. The lowest BCUT2D eigenvalue weighted by Gasteiger charge is -2.35. The zero-order valence-electron chi connectivity index (χ0n) is 13.1. The highest BCUT2D eigenvalue weighted by molar-refractivity contribution is 6.00. The number of nitrogens with zero attached hydrogens (tertiary/aromatic N) is 4. The second-order valence-corrected chi connectivity index (χ2v) is 5.48. The Morgan fingerprint density at radius 2 is 0.909 bits per heavy atom. The van der Waals surface area contributed by atoms with Crippen LogP contribution in [-0.4, -0.2) is 95.6 Å². The van der Waals surface area contributed by atoms with Gasteiger partial charge in [0.05, 0.1) is 26.2 Å². The van der Waals surface area contributed by atoms with Gasteiger partial charge in [-0.2, -0.15) is 0 Å². The molecule has 0 bridgehead atoms. The van der Waals surface area contributed by atoms with Crippen molar-refractivity contribution in [3.8, 4) is 0 Å². The molecule has 0 unspecified atom stereocenters. The third kappa shape index (κ3) is 3.50. The molecule has 0 aromatic heterocycles. The standard InChI is InChI=1S/C14H22N4O4/c1-3-17-11(19)7-15(8-12(17)20)5-6-16-9-13(21)18(4-2)14(22)10-16/h3-10H2,1-2H3. The van der Waals surface area contributed by atoms with Crippen molar-refractivity contribution < 1.29 is 19.2 Å². The van der Waals surface area contributed by atoms with Gasteiger partial charge in [-0.15, -0.1) is 0 Å². The average molecular weight is 310 g/mol. The molecule has 122 valence electrons. The number of hydrogen-bond acceptors (Lipinski definition) is 6. The molecule has 0 N–H and O–H groups in total. The topological polar surface area (TPSA) is 81.2 Å². The Kier molecular flexibility index (Phi) is 5.25. The fraction of sp³-hybridized carbons (Fsp3) is 0.714. The molecule has 0 atom stereocenters. The second kappa shape index (κ2) is 6.97. The van der Waals surface area contributed by atoms with Gasteiger partial charge in [-0.25, -0.2) is 0 Å². The Hall–Kier alpha value is -1.80. The predicted molar refractivity (Wildman–Crippen MR) is 77.7 cm³/mol. The number of amides is 4. The monoisotopic (exact) mass is 310 g/mol. The summed E-state index contributed by atoms with van der Waals surface area (Å²) in [6.07, 6.45) is 0. The summed E-state index contributed by atoms with van der Waals surface area (Å²) in [5, 5.41) is 0. The van der Waals surface area contributed by atoms with Crippen molar-refractivity contribution in [3.63, 3.8) is 0 Å². The summed E-state index contributed by atoms with van der Waals surface area (Å²) in [5.41, 5.74) is 0. The maximum Gasteiger partial charge on any atom is 0.243 e. The number of carbonyl (C=O) groups excluding carboxylic acids is 4. The first kappa shape index (κ1) is 16.6. The molecule has 0 saturated carbocycles. The minimum Gasteiger partial charge on any atom is -0.284 e. The normalized spacial score (nSPS) is 21.9. The molecule has 22 heavy (non-hydrogen) atoms. The Morgan fingerprint density at radius 3 is 1.14 bits per heavy atom. The van der Waals surface area contributed by atoms with Crippen LogP contribution in [0.2, 0.25) is 0 Å². The van der Waals surface area contributed by atoms with Gasteiger partial charge in [0, 0.05) is 26.2 Å². The van der Waals surface area contributed by atoms with Gasteiger partial charge in [-0.05, 0) is 13.8 Å². The lowest BCUT2D eigenvalue weighted by atomic mass is 10.2. The zero-order valence-corrected chi connectivity index (χ0v) is 13.1. The minimum atomic E-state index is -0.193. The van der Waals surface area contributed by atoms with Crippen LogP contribution in [0, 0.1) is 0 Å². The molecule has 0 radical (unpaired) electrons. The summed E-state index contributed by atoms with van der Waals surface area (Å²) < 4.78 is 0. The van der Waals surface area contributed by atoms with Crippen molar-refractivity contribution in [2.75, 3.05) is 52.4 Å². The lowest BCUT2D eigenvalue weighted by Crippen LogP contribution is -2.57. The molecule has 2 rings (SSSR count). The van der Waals surface area contributed by atoms with E-state index in [0.717, 1.165) is 0 Å². The zero-order chi connectivity index (χ0) is 16.3. The maximum absolute atomic E-state index is 11.8. The molecular weight excluding hydrogens is 288 g/mol. The molecular formula is C14H22N4O4. The Morgan fingerprint density at radius 1 is 0.636 bits per heavy atom. The quantitative estimate of drug-likeness (QED) is 0.567. The summed E-state index contributed by atoms with van der Waals surface area (Å²) in [6.45, 7) is 6.13. The van der Waals surface area contributed by atoms with E-state index in [-0.39, 0.29) is 49.8 Å². The molecule has 2 saturated heterocycles. The van der Waals surface area contributed by atoms with Crippen LogP contribution in [0.15, 0.2) is 0 Å². The van der Waals surface area contributed by atoms with Crippen molar-refractivity contribution in [2.24, 2.45) is 0 Å². The van der Waals surface area contributed by atoms with Crippen LogP contribution in [0.25, 0.3) is 0 Å². The van der Waals surface area contributed by atoms with Gasteiger partial charge < -0.3 is 0 Å². The SMILES string of the molecule is CCN1C(=O)CN(CCN2CC(=O)N(CC)C(=O)C2)CC1=O. The molecule has 8 heteroatoms. The first-order valence-corrected chi connectivity index (χ1v) is 7.57. The summed E-state index contributed by atoms with van der Waals surface area (Å²) in [4.78, 5) is 53.3. The highest BCUT2D eigenvalue weighted by Crippen LogP contribution is 2.07. The summed E-state index contributed by atoms with van der Waals surface area (Å²) >= 11 is 0. The highest BCUT2D eigenvalue weighted by atomic mass is 16.2. The van der Waals surface area contributed by atoms with Crippen molar-refractivity contribution in [1.29, 1.82) is 0 Å². The van der Waals surface area contributed by atoms with E-state index in [2.05, 4.69) is 0 Å². The number of rotatable bonds is 5. The largest absolute Gasteiger partial charge is 0.284 e. The highest BCUT2D eigenvalue weighted by Gasteiger charge is 2.32. The Labute approximate surface area is 129 Å². The molecule has 0 spiro atoms. The molecule has 8 nitrogen and oxygen atoms in total. The molecule has 2 heterocycles. The molecule has 2 fully saturated rings. The summed E-state index contributed by atoms with van der Waals surface area (Å²) in [6, 6.07) is 0. The fourth-order valence-electron chi connectivity index (χ4n) is 2.80. The van der Waals surface area contributed by atoms with Crippen molar-refractivity contribution >= 4 is 23.6 Å². The smallest absolute Gasteiger partial charge is 0.243 e. The third-order valence-corrected chi connectivity index (χ3v) is 4.00. The van der Waals surface area contributed by atoms with E-state index in [1.807, 2.05) is 0 Å². The molecule has 4 amide bonds. The molecule has 0 aromatic rings. The Bertz CT molecular complexity index is 413. The summed E-state index contributed by atoms with van der Waals surface area (Å²) in [5.74, 6) is -0.771. The van der Waals surface area contributed by atoms with Gasteiger partial charge in [-0.3, -0.25) is 38.8 Å². The van der Waals surface area contributed by atoms with Gasteiger partial charge in [0.2, 0.25) is 23.6 Å². The van der Waals surface area contributed by atoms with E-state index < -0.39 is 0 Å². The van der Waals surface area contributed by atoms with Gasteiger partial charge in [-0.1, -0.05) is 0 Å². The predicted octanol–water partition coefficient (Wildman–Crippen LogP) is -1.63. The molecule has 2 aliphatic heterocycles. The molecule has 0 aromatic carbocycles. The van der Waals surface area contributed by atoms with Gasteiger partial charge in [0.25, 0.3) is 0 Å². The van der Waals surface area contributed by atoms with Crippen LogP contribution in [0.1, 0.15) is 13.8 Å². The third-order valence-electron chi connectivity index (χ3n) is 4.00. The van der Waals surface area contributed by atoms with E-state index >= 15 is 0 Å². The van der Waals surface area contributed by atoms with Crippen LogP contribution in [0.3, 0.4) is 0 Å². The minimum absolute atomic E-state index is 0.193. The van der Waals surface area contributed by atoms with Crippen LogP contribution >= 0.6 is 0 Å². The average Bonchev–Trinajstić information content (AvgIpc) is 2.44. The van der Waals surface area contributed by atoms with E-state index in [1.165, 1.54) is 9.80 Å². The lowest BCUT2D eigenvalue weighted by molar-refractivity contribution is -0.154. The van der Waals surface area contributed by atoms with Crippen LogP contribution in [-0.2, 0) is 19.2 Å². The van der Waals surface area contributed by atoms with E-state index in [4.69, 9.17) is 0 Å². The first-order valence-electron chi connectivity index (χ1n) is 7.57. The van der Waals surface area contributed by atoms with E-state index in [0.29, 0.717) is 26.2 Å². The van der Waals surface area contributed by atoms with Gasteiger partial charge >= 0.3 is 0 Å². The van der Waals surface area contributed by atoms with E-state index in [1.54, 1.807) is 23.6 Å². The van der Waals surface area contributed by atoms with Crippen molar-refractivity contribution in [2.45, 2.75) is 13.8 Å². The number of carbonyl (C=O) groups is 4. The van der Waals surface area contributed by atoms with Crippen LogP contribution in [0.4, 0.5) is 0 Å².